The minimum absolute atomic E-state index is 0.184. The van der Waals surface area contributed by atoms with E-state index in [-0.39, 0.29) is 5.54 Å². The Bertz CT molecular complexity index is 403. The summed E-state index contributed by atoms with van der Waals surface area (Å²) in [4.78, 5) is 0. The molecule has 0 spiro atoms. The first-order valence-corrected chi connectivity index (χ1v) is 7.25. The molecule has 1 N–H and O–H groups in total. The lowest BCUT2D eigenvalue weighted by molar-refractivity contribution is 0.266. The molecule has 1 atom stereocenters. The van der Waals surface area contributed by atoms with Gasteiger partial charge in [0.05, 0.1) is 7.11 Å². The highest BCUT2D eigenvalue weighted by Gasteiger charge is 2.47. The fourth-order valence-electron chi connectivity index (χ4n) is 3.49. The van der Waals surface area contributed by atoms with Gasteiger partial charge in [-0.2, -0.15) is 0 Å². The smallest absolute Gasteiger partial charge is 0.123 e. The van der Waals surface area contributed by atoms with Crippen LogP contribution >= 0.6 is 0 Å². The number of nitrogens with one attached hydrogen (secondary N) is 1. The molecule has 2 fully saturated rings. The number of benzene rings is 1. The second kappa shape index (κ2) is 4.93. The van der Waals surface area contributed by atoms with E-state index in [0.717, 1.165) is 18.2 Å². The molecule has 1 aromatic rings. The molecular weight excluding hydrogens is 222 g/mol. The zero-order valence-electron chi connectivity index (χ0n) is 11.2. The topological polar surface area (TPSA) is 21.3 Å². The van der Waals surface area contributed by atoms with Crippen molar-refractivity contribution in [2.24, 2.45) is 5.92 Å². The highest BCUT2D eigenvalue weighted by atomic mass is 16.5. The molecule has 2 aliphatic rings. The van der Waals surface area contributed by atoms with Crippen molar-refractivity contribution in [2.75, 3.05) is 13.7 Å². The molecule has 0 aromatic heterocycles. The van der Waals surface area contributed by atoms with Gasteiger partial charge in [0.1, 0.15) is 5.75 Å². The second-order valence-electron chi connectivity index (χ2n) is 5.68. The molecular formula is C16H23NO. The van der Waals surface area contributed by atoms with Crippen LogP contribution in [0, 0.1) is 5.92 Å². The maximum atomic E-state index is 5.60. The number of hydrogen-bond donors (Lipinski definition) is 1. The molecule has 3 rings (SSSR count). The first-order chi connectivity index (χ1) is 8.87. The van der Waals surface area contributed by atoms with Crippen molar-refractivity contribution in [1.82, 2.24) is 5.32 Å². The van der Waals surface area contributed by atoms with Gasteiger partial charge in [-0.15, -0.1) is 0 Å². The minimum atomic E-state index is 0.184. The molecule has 0 radical (unpaired) electrons. The Morgan fingerprint density at radius 3 is 2.78 bits per heavy atom. The Morgan fingerprint density at radius 2 is 2.00 bits per heavy atom. The Hall–Kier alpha value is -1.02. The number of rotatable bonds is 3. The van der Waals surface area contributed by atoms with E-state index in [0.29, 0.717) is 0 Å². The third kappa shape index (κ3) is 2.03. The van der Waals surface area contributed by atoms with E-state index >= 15 is 0 Å². The first-order valence-electron chi connectivity index (χ1n) is 7.25. The second-order valence-corrected chi connectivity index (χ2v) is 5.68. The maximum Gasteiger partial charge on any atom is 0.123 e. The zero-order valence-corrected chi connectivity index (χ0v) is 11.2. The van der Waals surface area contributed by atoms with Crippen LogP contribution in [0.4, 0.5) is 0 Å². The molecule has 2 nitrogen and oxygen atoms in total. The van der Waals surface area contributed by atoms with E-state index in [2.05, 4.69) is 29.6 Å². The Kier molecular flexibility index (Phi) is 3.29. The van der Waals surface area contributed by atoms with E-state index in [4.69, 9.17) is 4.74 Å². The van der Waals surface area contributed by atoms with Crippen LogP contribution < -0.4 is 10.1 Å². The van der Waals surface area contributed by atoms with Gasteiger partial charge >= 0.3 is 0 Å². The maximum absolute atomic E-state index is 5.60. The van der Waals surface area contributed by atoms with Gasteiger partial charge < -0.3 is 10.1 Å². The predicted octanol–water partition coefficient (Wildman–Crippen LogP) is 3.46. The standard InChI is InChI=1S/C16H23NO/c1-18-15-8-4-3-7-14(15)16(13-9-10-13)11-5-2-6-12-17-16/h3-4,7-8,13,17H,2,5-6,9-12H2,1H3. The molecule has 0 amide bonds. The molecule has 1 unspecified atom stereocenters. The van der Waals surface area contributed by atoms with Gasteiger partial charge in [0.2, 0.25) is 0 Å². The van der Waals surface area contributed by atoms with Gasteiger partial charge in [0.25, 0.3) is 0 Å². The van der Waals surface area contributed by atoms with Crippen LogP contribution in [-0.4, -0.2) is 13.7 Å². The van der Waals surface area contributed by atoms with Crippen LogP contribution in [0.5, 0.6) is 5.75 Å². The van der Waals surface area contributed by atoms with E-state index in [1.54, 1.807) is 7.11 Å². The van der Waals surface area contributed by atoms with E-state index in [1.165, 1.54) is 44.1 Å². The highest BCUT2D eigenvalue weighted by Crippen LogP contribution is 2.51. The molecule has 1 aliphatic heterocycles. The number of ether oxygens (including phenoxy) is 1. The molecule has 1 aromatic carbocycles. The Labute approximate surface area is 110 Å². The fourth-order valence-corrected chi connectivity index (χ4v) is 3.49. The monoisotopic (exact) mass is 245 g/mol. The van der Waals surface area contributed by atoms with Crippen molar-refractivity contribution in [3.8, 4) is 5.75 Å². The molecule has 1 aliphatic carbocycles. The summed E-state index contributed by atoms with van der Waals surface area (Å²) in [5.41, 5.74) is 1.57. The predicted molar refractivity (Wildman–Crippen MR) is 73.9 cm³/mol. The van der Waals surface area contributed by atoms with Crippen molar-refractivity contribution in [3.63, 3.8) is 0 Å². The van der Waals surface area contributed by atoms with Crippen molar-refractivity contribution >= 4 is 0 Å². The summed E-state index contributed by atoms with van der Waals surface area (Å²) in [5, 5.41) is 3.87. The average Bonchev–Trinajstić information content (AvgIpc) is 3.25. The third-order valence-electron chi connectivity index (χ3n) is 4.55. The first kappa shape index (κ1) is 12.0. The van der Waals surface area contributed by atoms with Gasteiger partial charge in [0.15, 0.2) is 0 Å². The summed E-state index contributed by atoms with van der Waals surface area (Å²) in [7, 11) is 1.79. The van der Waals surface area contributed by atoms with Crippen LogP contribution in [0.25, 0.3) is 0 Å². The summed E-state index contributed by atoms with van der Waals surface area (Å²) in [6, 6.07) is 8.58. The van der Waals surface area contributed by atoms with Crippen molar-refractivity contribution < 1.29 is 4.74 Å². The lowest BCUT2D eigenvalue weighted by Crippen LogP contribution is -2.44. The van der Waals surface area contributed by atoms with Gasteiger partial charge in [-0.25, -0.2) is 0 Å². The summed E-state index contributed by atoms with van der Waals surface area (Å²) >= 11 is 0. The van der Waals surface area contributed by atoms with Crippen LogP contribution in [0.1, 0.15) is 44.1 Å². The molecule has 1 saturated heterocycles. The number of hydrogen-bond acceptors (Lipinski definition) is 2. The quantitative estimate of drug-likeness (QED) is 0.880. The fraction of sp³-hybridized carbons (Fsp3) is 0.625. The summed E-state index contributed by atoms with van der Waals surface area (Å²) < 4.78 is 5.60. The molecule has 98 valence electrons. The SMILES string of the molecule is COc1ccccc1C1(C2CC2)CCCCCN1. The van der Waals surface area contributed by atoms with Gasteiger partial charge in [-0.05, 0) is 44.2 Å². The van der Waals surface area contributed by atoms with E-state index in [1.807, 2.05) is 0 Å². The normalized spacial score (nSPS) is 28.7. The average molecular weight is 245 g/mol. The lowest BCUT2D eigenvalue weighted by Gasteiger charge is -2.36. The lowest BCUT2D eigenvalue weighted by atomic mass is 9.80. The largest absolute Gasteiger partial charge is 0.496 e. The zero-order chi connectivity index (χ0) is 12.4. The van der Waals surface area contributed by atoms with Crippen LogP contribution in [0.2, 0.25) is 0 Å². The highest BCUT2D eigenvalue weighted by molar-refractivity contribution is 5.41. The van der Waals surface area contributed by atoms with E-state index in [9.17, 15) is 0 Å². The van der Waals surface area contributed by atoms with E-state index < -0.39 is 0 Å². The minimum Gasteiger partial charge on any atom is -0.496 e. The number of methoxy groups -OCH3 is 1. The summed E-state index contributed by atoms with van der Waals surface area (Å²) in [6.45, 7) is 1.15. The number of para-hydroxylation sites is 1. The van der Waals surface area contributed by atoms with Gasteiger partial charge in [-0.3, -0.25) is 0 Å². The molecule has 0 bridgehead atoms. The van der Waals surface area contributed by atoms with Crippen LogP contribution in [0.15, 0.2) is 24.3 Å². The van der Waals surface area contributed by atoms with Gasteiger partial charge in [0, 0.05) is 11.1 Å². The Morgan fingerprint density at radius 1 is 1.17 bits per heavy atom. The third-order valence-corrected chi connectivity index (χ3v) is 4.55. The van der Waals surface area contributed by atoms with Crippen molar-refractivity contribution in [3.05, 3.63) is 29.8 Å². The van der Waals surface area contributed by atoms with Crippen molar-refractivity contribution in [1.29, 1.82) is 0 Å². The van der Waals surface area contributed by atoms with Crippen molar-refractivity contribution in [2.45, 2.75) is 44.1 Å². The molecule has 18 heavy (non-hydrogen) atoms. The molecule has 1 saturated carbocycles. The summed E-state index contributed by atoms with van der Waals surface area (Å²) in [6.07, 6.45) is 8.00. The molecule has 1 heterocycles. The van der Waals surface area contributed by atoms with Gasteiger partial charge in [-0.1, -0.05) is 31.0 Å². The Balaban J connectivity index is 2.02. The van der Waals surface area contributed by atoms with Crippen LogP contribution in [-0.2, 0) is 5.54 Å². The van der Waals surface area contributed by atoms with Crippen LogP contribution in [0.3, 0.4) is 0 Å². The summed E-state index contributed by atoms with van der Waals surface area (Å²) in [5.74, 6) is 1.87. The molecule has 2 heteroatoms.